The van der Waals surface area contributed by atoms with Crippen molar-refractivity contribution in [2.24, 2.45) is 0 Å². The number of rotatable bonds is 3. The van der Waals surface area contributed by atoms with Gasteiger partial charge in [-0.1, -0.05) is 0 Å². The minimum atomic E-state index is 0.0228. The molecule has 6 heteroatoms. The van der Waals surface area contributed by atoms with E-state index in [4.69, 9.17) is 9.72 Å². The smallest absolute Gasteiger partial charge is 0.273 e. The molecule has 1 saturated heterocycles. The summed E-state index contributed by atoms with van der Waals surface area (Å²) in [5, 5.41) is 4.09. The molecule has 2 aromatic heterocycles. The summed E-state index contributed by atoms with van der Waals surface area (Å²) in [7, 11) is 1.69. The van der Waals surface area contributed by atoms with E-state index in [2.05, 4.69) is 18.0 Å². The number of carbonyl (C=O) groups excluding carboxylic acids is 1. The molecule has 0 radical (unpaired) electrons. The minimum Gasteiger partial charge on any atom is -0.496 e. The highest BCUT2D eigenvalue weighted by atomic mass is 32.1. The van der Waals surface area contributed by atoms with Crippen molar-refractivity contribution in [2.75, 3.05) is 20.2 Å². The normalized spacial score (nSPS) is 17.5. The van der Waals surface area contributed by atoms with E-state index < -0.39 is 0 Å². The van der Waals surface area contributed by atoms with E-state index in [9.17, 15) is 4.79 Å². The number of ether oxygens (including phenoxy) is 1. The number of fused-ring (bicyclic) bond motifs is 1. The van der Waals surface area contributed by atoms with E-state index in [1.165, 1.54) is 11.3 Å². The molecule has 134 valence electrons. The summed E-state index contributed by atoms with van der Waals surface area (Å²) >= 11 is 1.45. The molecule has 1 amide bonds. The van der Waals surface area contributed by atoms with Gasteiger partial charge in [-0.3, -0.25) is 9.78 Å². The molecule has 0 bridgehead atoms. The Balaban J connectivity index is 1.62. The van der Waals surface area contributed by atoms with Gasteiger partial charge in [-0.25, -0.2) is 4.98 Å². The van der Waals surface area contributed by atoms with Gasteiger partial charge in [-0.15, -0.1) is 11.3 Å². The van der Waals surface area contributed by atoms with Crippen LogP contribution in [-0.4, -0.2) is 41.0 Å². The van der Waals surface area contributed by atoms with Gasteiger partial charge in [-0.05, 0) is 48.9 Å². The fraction of sp³-hybridized carbons (Fsp3) is 0.350. The van der Waals surface area contributed by atoms with Gasteiger partial charge in [0.1, 0.15) is 11.4 Å². The molecule has 0 spiro atoms. The lowest BCUT2D eigenvalue weighted by Gasteiger charge is -2.32. The van der Waals surface area contributed by atoms with Crippen molar-refractivity contribution in [3.63, 3.8) is 0 Å². The quantitative estimate of drug-likeness (QED) is 0.701. The molecule has 3 heterocycles. The summed E-state index contributed by atoms with van der Waals surface area (Å²) in [6.07, 6.45) is 3.96. The van der Waals surface area contributed by atoms with Crippen LogP contribution in [-0.2, 0) is 0 Å². The molecule has 0 saturated carbocycles. The minimum absolute atomic E-state index is 0.0228. The molecule has 4 rings (SSSR count). The predicted octanol–water partition coefficient (Wildman–Crippen LogP) is 4.03. The topological polar surface area (TPSA) is 55.3 Å². The number of piperidine rings is 1. The number of carbonyl (C=O) groups is 1. The highest BCUT2D eigenvalue weighted by Gasteiger charge is 2.27. The Bertz CT molecular complexity index is 940. The summed E-state index contributed by atoms with van der Waals surface area (Å²) < 4.78 is 5.45. The number of amides is 1. The van der Waals surface area contributed by atoms with E-state index in [0.717, 1.165) is 47.2 Å². The summed E-state index contributed by atoms with van der Waals surface area (Å²) in [6, 6.07) is 6.18. The van der Waals surface area contributed by atoms with Gasteiger partial charge in [0.15, 0.2) is 0 Å². The van der Waals surface area contributed by atoms with Crippen LogP contribution in [0.5, 0.6) is 5.75 Å². The van der Waals surface area contributed by atoms with Gasteiger partial charge >= 0.3 is 0 Å². The lowest BCUT2D eigenvalue weighted by molar-refractivity contribution is 0.0701. The average Bonchev–Trinajstić information content (AvgIpc) is 3.22. The zero-order chi connectivity index (χ0) is 18.1. The first-order chi connectivity index (χ1) is 12.7. The van der Waals surface area contributed by atoms with Crippen LogP contribution in [0.4, 0.5) is 0 Å². The number of hydrogen-bond donors (Lipinski definition) is 0. The van der Waals surface area contributed by atoms with Crippen LogP contribution in [0.15, 0.2) is 35.3 Å². The highest BCUT2D eigenvalue weighted by molar-refractivity contribution is 7.07. The molecule has 1 aromatic carbocycles. The number of aromatic nitrogens is 2. The number of methoxy groups -OCH3 is 1. The third-order valence-corrected chi connectivity index (χ3v) is 5.73. The van der Waals surface area contributed by atoms with E-state index >= 15 is 0 Å². The molecule has 1 atom stereocenters. The Morgan fingerprint density at radius 3 is 3.00 bits per heavy atom. The number of hydrogen-bond acceptors (Lipinski definition) is 5. The van der Waals surface area contributed by atoms with Gasteiger partial charge in [-0.2, -0.15) is 0 Å². The fourth-order valence-corrected chi connectivity index (χ4v) is 4.22. The second-order valence-corrected chi connectivity index (χ2v) is 7.41. The molecular weight excluding hydrogens is 346 g/mol. The third kappa shape index (κ3) is 3.05. The van der Waals surface area contributed by atoms with Crippen molar-refractivity contribution in [3.8, 4) is 5.75 Å². The van der Waals surface area contributed by atoms with Crippen molar-refractivity contribution in [1.82, 2.24) is 14.9 Å². The third-order valence-electron chi connectivity index (χ3n) is 5.14. The first-order valence-electron chi connectivity index (χ1n) is 8.78. The van der Waals surface area contributed by atoms with E-state index in [-0.39, 0.29) is 11.8 Å². The Labute approximate surface area is 156 Å². The number of likely N-dealkylation sites (tertiary alicyclic amines) is 1. The monoisotopic (exact) mass is 367 g/mol. The molecule has 3 aromatic rings. The van der Waals surface area contributed by atoms with Gasteiger partial charge < -0.3 is 9.64 Å². The lowest BCUT2D eigenvalue weighted by atomic mass is 9.92. The van der Waals surface area contributed by atoms with Gasteiger partial charge in [0.25, 0.3) is 5.91 Å². The zero-order valence-electron chi connectivity index (χ0n) is 14.9. The van der Waals surface area contributed by atoms with Crippen LogP contribution in [0.1, 0.15) is 40.5 Å². The summed E-state index contributed by atoms with van der Waals surface area (Å²) in [4.78, 5) is 23.4. The van der Waals surface area contributed by atoms with Crippen molar-refractivity contribution < 1.29 is 9.53 Å². The molecule has 5 nitrogen and oxygen atoms in total. The van der Waals surface area contributed by atoms with Crippen molar-refractivity contribution >= 4 is 28.0 Å². The van der Waals surface area contributed by atoms with Gasteiger partial charge in [0.05, 0.1) is 12.6 Å². The number of benzene rings is 1. The number of aryl methyl sites for hydroxylation is 1. The summed E-state index contributed by atoms with van der Waals surface area (Å²) in [6.45, 7) is 3.55. The molecular formula is C20H21N3O2S. The molecule has 0 aliphatic carbocycles. The Morgan fingerprint density at radius 1 is 1.35 bits per heavy atom. The lowest BCUT2D eigenvalue weighted by Crippen LogP contribution is -2.39. The maximum Gasteiger partial charge on any atom is 0.273 e. The predicted molar refractivity (Wildman–Crippen MR) is 103 cm³/mol. The first kappa shape index (κ1) is 17.0. The largest absolute Gasteiger partial charge is 0.496 e. The van der Waals surface area contributed by atoms with Crippen molar-refractivity contribution in [3.05, 3.63) is 52.2 Å². The van der Waals surface area contributed by atoms with Gasteiger partial charge in [0.2, 0.25) is 0 Å². The number of thiazole rings is 1. The number of nitrogens with zero attached hydrogens (tertiary/aromatic N) is 3. The van der Waals surface area contributed by atoms with Gasteiger partial charge in [0, 0.05) is 41.7 Å². The highest BCUT2D eigenvalue weighted by Crippen LogP contribution is 2.32. The maximum atomic E-state index is 12.6. The van der Waals surface area contributed by atoms with Crippen LogP contribution < -0.4 is 4.74 Å². The van der Waals surface area contributed by atoms with Crippen LogP contribution in [0.3, 0.4) is 0 Å². The van der Waals surface area contributed by atoms with E-state index in [1.807, 2.05) is 28.6 Å². The molecule has 0 unspecified atom stereocenters. The zero-order valence-corrected chi connectivity index (χ0v) is 15.8. The standard InChI is InChI=1S/C20H21N3O2S/c1-13-16-8-17(21-9-14(16)5-6-19(13)25-2)15-4-3-7-23(10-15)20(24)18-11-26-12-22-18/h5-6,8-9,11-12,15H,3-4,7,10H2,1-2H3/t15-/m0/s1. The molecule has 1 aliphatic rings. The molecule has 1 fully saturated rings. The molecule has 26 heavy (non-hydrogen) atoms. The first-order valence-corrected chi connectivity index (χ1v) is 9.72. The Kier molecular flexibility index (Phi) is 4.59. The van der Waals surface area contributed by atoms with Crippen molar-refractivity contribution in [1.29, 1.82) is 0 Å². The van der Waals surface area contributed by atoms with E-state index in [0.29, 0.717) is 12.2 Å². The molecule has 0 N–H and O–H groups in total. The average molecular weight is 367 g/mol. The Hall–Kier alpha value is -2.47. The second-order valence-electron chi connectivity index (χ2n) is 6.69. The maximum absolute atomic E-state index is 12.6. The van der Waals surface area contributed by atoms with Crippen LogP contribution in [0.25, 0.3) is 10.8 Å². The van der Waals surface area contributed by atoms with E-state index in [1.54, 1.807) is 12.6 Å². The summed E-state index contributed by atoms with van der Waals surface area (Å²) in [5.41, 5.74) is 4.42. The fourth-order valence-electron chi connectivity index (χ4n) is 3.69. The molecule has 1 aliphatic heterocycles. The van der Waals surface area contributed by atoms with Crippen LogP contribution >= 0.6 is 11.3 Å². The summed E-state index contributed by atoms with van der Waals surface area (Å²) in [5.74, 6) is 1.16. The second kappa shape index (κ2) is 7.03. The van der Waals surface area contributed by atoms with Crippen LogP contribution in [0, 0.1) is 6.92 Å². The SMILES string of the molecule is COc1ccc2cnc([C@H]3CCCN(C(=O)c4cscn4)C3)cc2c1C. The Morgan fingerprint density at radius 2 is 2.23 bits per heavy atom. The number of pyridine rings is 1. The van der Waals surface area contributed by atoms with Crippen molar-refractivity contribution in [2.45, 2.75) is 25.7 Å². The van der Waals surface area contributed by atoms with Crippen LogP contribution in [0.2, 0.25) is 0 Å².